The van der Waals surface area contributed by atoms with Crippen molar-refractivity contribution in [2.75, 3.05) is 0 Å². The Hall–Kier alpha value is -1.67. The zero-order valence-electron chi connectivity index (χ0n) is 17.7. The third kappa shape index (κ3) is 5.94. The molecule has 2 rings (SSSR count). The molecule has 0 aliphatic rings. The van der Waals surface area contributed by atoms with E-state index >= 15 is 0 Å². The number of rotatable bonds is 11. The van der Waals surface area contributed by atoms with Gasteiger partial charge in [-0.05, 0) is 30.0 Å². The van der Waals surface area contributed by atoms with Crippen LogP contribution in [0.5, 0.6) is 0 Å². The van der Waals surface area contributed by atoms with Crippen LogP contribution in [0.3, 0.4) is 0 Å². The van der Waals surface area contributed by atoms with Crippen LogP contribution in [0.1, 0.15) is 0 Å². The van der Waals surface area contributed by atoms with Gasteiger partial charge < -0.3 is 21.9 Å². The Balaban J connectivity index is 2.47. The lowest BCUT2D eigenvalue weighted by Crippen LogP contribution is -2.68. The molecule has 0 bridgehead atoms. The Labute approximate surface area is 183 Å². The molecule has 0 saturated heterocycles. The third-order valence-corrected chi connectivity index (χ3v) is 18.4. The second kappa shape index (κ2) is 9.64. The van der Waals surface area contributed by atoms with E-state index in [1.54, 1.807) is 24.5 Å². The van der Waals surface area contributed by atoms with Gasteiger partial charge in [-0.25, -0.2) is 0 Å². The van der Waals surface area contributed by atoms with E-state index in [2.05, 4.69) is 19.7 Å². The molecule has 5 nitrogen and oxygen atoms in total. The van der Waals surface area contributed by atoms with Crippen LogP contribution in [0.4, 0.5) is 0 Å². The molecule has 9 heteroatoms. The van der Waals surface area contributed by atoms with E-state index in [4.69, 9.17) is 12.3 Å². The van der Waals surface area contributed by atoms with E-state index in [1.807, 2.05) is 67.2 Å². The van der Waals surface area contributed by atoms with Gasteiger partial charge in [-0.1, -0.05) is 77.8 Å². The van der Waals surface area contributed by atoms with E-state index < -0.39 is 34.2 Å². The van der Waals surface area contributed by atoms with Gasteiger partial charge in [0.05, 0.1) is 0 Å². The first-order valence-corrected chi connectivity index (χ1v) is 18.7. The molecule has 2 aromatic rings. The molecule has 0 aliphatic heterocycles. The highest BCUT2D eigenvalue weighted by molar-refractivity contribution is 6.99. The Morgan fingerprint density at radius 1 is 0.633 bits per heavy atom. The first-order chi connectivity index (χ1) is 14.0. The average molecular weight is 475 g/mol. The largest absolute Gasteiger partial charge is 0.410 e. The first-order valence-electron chi connectivity index (χ1n) is 9.58. The average Bonchev–Trinajstić information content (AvgIpc) is 2.74. The molecule has 0 radical (unpaired) electrons. The fraction of sp³-hybridized carbons (Fsp3) is 0.143. The Bertz CT molecular complexity index is 838. The van der Waals surface area contributed by atoms with Crippen molar-refractivity contribution in [1.82, 2.24) is 0 Å². The highest BCUT2D eigenvalue weighted by Gasteiger charge is 2.50. The second-order valence-electron chi connectivity index (χ2n) is 7.38. The maximum Gasteiger partial charge on any atom is 0.395 e. The van der Waals surface area contributed by atoms with Crippen molar-refractivity contribution in [3.8, 4) is 0 Å². The lowest BCUT2D eigenvalue weighted by Gasteiger charge is -2.40. The van der Waals surface area contributed by atoms with Crippen LogP contribution in [-0.4, -0.2) is 43.8 Å². The molecule has 3 unspecified atom stereocenters. The first kappa shape index (κ1) is 24.6. The molecule has 0 spiro atoms. The summed E-state index contributed by atoms with van der Waals surface area (Å²) in [6, 6.07) is 18.7. The van der Waals surface area contributed by atoms with Gasteiger partial charge >= 0.3 is 34.2 Å². The molecule has 2 aromatic carbocycles. The molecule has 0 fully saturated rings. The highest BCUT2D eigenvalue weighted by Crippen LogP contribution is 2.24. The molecule has 0 aliphatic carbocycles. The van der Waals surface area contributed by atoms with Crippen molar-refractivity contribution in [3.63, 3.8) is 0 Å². The van der Waals surface area contributed by atoms with Crippen LogP contribution in [0.25, 0.3) is 0 Å². The third-order valence-electron chi connectivity index (χ3n) is 4.62. The molecular weight excluding hydrogens is 445 g/mol. The summed E-state index contributed by atoms with van der Waals surface area (Å²) in [6.07, 6.45) is 0. The quantitative estimate of drug-likeness (QED) is 0.490. The van der Waals surface area contributed by atoms with Crippen LogP contribution in [0, 0.1) is 0 Å². The smallest absolute Gasteiger partial charge is 0.395 e. The van der Waals surface area contributed by atoms with Crippen molar-refractivity contribution in [3.05, 3.63) is 97.5 Å². The fourth-order valence-electron chi connectivity index (χ4n) is 2.97. The Morgan fingerprint density at radius 3 is 1.40 bits per heavy atom. The van der Waals surface area contributed by atoms with Gasteiger partial charge in [0, 0.05) is 0 Å². The zero-order valence-corrected chi connectivity index (χ0v) is 21.7. The molecule has 0 saturated carbocycles. The Morgan fingerprint density at radius 2 is 1.03 bits per heavy atom. The minimum atomic E-state index is -3.61. The van der Waals surface area contributed by atoms with Gasteiger partial charge in [0.1, 0.15) is 0 Å². The highest BCUT2D eigenvalue weighted by atomic mass is 28.5. The fourth-order valence-corrected chi connectivity index (χ4v) is 17.1. The summed E-state index contributed by atoms with van der Waals surface area (Å²) in [5.74, 6) is 0. The maximum atomic E-state index is 11.9. The van der Waals surface area contributed by atoms with Crippen molar-refractivity contribution in [2.24, 2.45) is 0 Å². The number of benzene rings is 2. The van der Waals surface area contributed by atoms with Gasteiger partial charge in [0.15, 0.2) is 0 Å². The van der Waals surface area contributed by atoms with Crippen LogP contribution in [0.15, 0.2) is 97.5 Å². The molecule has 2 N–H and O–H groups in total. The summed E-state index contributed by atoms with van der Waals surface area (Å²) in [4.78, 5) is 22.3. The molecule has 30 heavy (non-hydrogen) atoms. The lowest BCUT2D eigenvalue weighted by atomic mass is 10.4. The summed E-state index contributed by atoms with van der Waals surface area (Å²) < 4.78 is 18.9. The van der Waals surface area contributed by atoms with Crippen LogP contribution >= 0.6 is 0 Å². The van der Waals surface area contributed by atoms with Gasteiger partial charge in [-0.15, -0.1) is 19.7 Å². The van der Waals surface area contributed by atoms with Crippen LogP contribution in [0.2, 0.25) is 19.6 Å². The second-order valence-corrected chi connectivity index (χ2v) is 19.7. The van der Waals surface area contributed by atoms with Crippen LogP contribution < -0.4 is 10.4 Å². The van der Waals surface area contributed by atoms with Crippen molar-refractivity contribution >= 4 is 44.6 Å². The molecular formula is C21H30O5Si4. The SMILES string of the molecule is C=C[Si](C)(O)O[Si](C)(C=C)O[Si](C)(C=C)O[Si](O)(c1ccccc1)c1ccccc1. The van der Waals surface area contributed by atoms with Gasteiger partial charge in [0.25, 0.3) is 0 Å². The van der Waals surface area contributed by atoms with Crippen molar-refractivity contribution < 1.29 is 21.9 Å². The molecule has 0 aromatic heterocycles. The molecule has 0 heterocycles. The zero-order chi connectivity index (χ0) is 22.5. The summed E-state index contributed by atoms with van der Waals surface area (Å²) >= 11 is 0. The predicted octanol–water partition coefficient (Wildman–Crippen LogP) is 2.67. The van der Waals surface area contributed by atoms with E-state index in [0.29, 0.717) is 10.4 Å². The van der Waals surface area contributed by atoms with E-state index in [1.165, 1.54) is 5.70 Å². The van der Waals surface area contributed by atoms with Gasteiger partial charge in [-0.2, -0.15) is 0 Å². The Kier molecular flexibility index (Phi) is 7.90. The van der Waals surface area contributed by atoms with E-state index in [0.717, 1.165) is 0 Å². The summed E-state index contributed by atoms with van der Waals surface area (Å²) in [5, 5.41) is 1.41. The lowest BCUT2D eigenvalue weighted by molar-refractivity contribution is 0.293. The molecule has 160 valence electrons. The molecule has 0 amide bonds. The number of hydrogen-bond acceptors (Lipinski definition) is 5. The van der Waals surface area contributed by atoms with Gasteiger partial charge in [0.2, 0.25) is 0 Å². The van der Waals surface area contributed by atoms with Crippen molar-refractivity contribution in [1.29, 1.82) is 0 Å². The minimum Gasteiger partial charge on any atom is -0.410 e. The minimum absolute atomic E-state index is 0.704. The summed E-state index contributed by atoms with van der Waals surface area (Å²) in [5.41, 5.74) is 4.65. The van der Waals surface area contributed by atoms with Crippen molar-refractivity contribution in [2.45, 2.75) is 19.6 Å². The van der Waals surface area contributed by atoms with Crippen LogP contribution in [-0.2, 0) is 12.3 Å². The monoisotopic (exact) mass is 474 g/mol. The van der Waals surface area contributed by atoms with E-state index in [9.17, 15) is 9.59 Å². The topological polar surface area (TPSA) is 68.2 Å². The van der Waals surface area contributed by atoms with E-state index in [-0.39, 0.29) is 0 Å². The predicted molar refractivity (Wildman–Crippen MR) is 131 cm³/mol. The van der Waals surface area contributed by atoms with Gasteiger partial charge in [-0.3, -0.25) is 0 Å². The summed E-state index contributed by atoms with van der Waals surface area (Å²) in [6.45, 7) is 16.6. The standard InChI is InChI=1S/C21H30O5Si4/c1-7-27(4,22)24-28(5,8-2)25-29(6,9-3)26-30(23,20-16-12-10-13-17-20)21-18-14-11-15-19-21/h7-19,22-23H,1-3H2,4-6H3. The summed E-state index contributed by atoms with van der Waals surface area (Å²) in [7, 11) is -13.0. The molecule has 3 atom stereocenters. The normalized spacial score (nSPS) is 17.8. The maximum absolute atomic E-state index is 11.9. The number of hydrogen-bond donors (Lipinski definition) is 2.